The van der Waals surface area contributed by atoms with Gasteiger partial charge in [-0.15, -0.1) is 0 Å². The van der Waals surface area contributed by atoms with Crippen LogP contribution in [0.2, 0.25) is 0 Å². The molecular formula is C24H28BrNO. The number of ether oxygens (including phenoxy) is 1. The minimum atomic E-state index is 0.201. The van der Waals surface area contributed by atoms with Crippen LogP contribution in [0.5, 0.6) is 5.75 Å². The van der Waals surface area contributed by atoms with Gasteiger partial charge in [-0.25, -0.2) is 0 Å². The van der Waals surface area contributed by atoms with Crippen LogP contribution in [0.15, 0.2) is 59.1 Å². The summed E-state index contributed by atoms with van der Waals surface area (Å²) in [7, 11) is 1.77. The second kappa shape index (κ2) is 7.81. The molecule has 4 rings (SSSR count). The van der Waals surface area contributed by atoms with E-state index in [1.165, 1.54) is 36.2 Å². The van der Waals surface area contributed by atoms with Crippen LogP contribution in [-0.4, -0.2) is 31.6 Å². The van der Waals surface area contributed by atoms with Crippen LogP contribution in [0.25, 0.3) is 5.57 Å². The maximum Gasteiger partial charge on any atom is 0.119 e. The fourth-order valence-electron chi connectivity index (χ4n) is 4.98. The van der Waals surface area contributed by atoms with E-state index in [0.29, 0.717) is 5.92 Å². The molecule has 1 aliphatic heterocycles. The van der Waals surface area contributed by atoms with Crippen LogP contribution >= 0.6 is 15.9 Å². The van der Waals surface area contributed by atoms with Gasteiger partial charge < -0.3 is 9.64 Å². The lowest BCUT2D eigenvalue weighted by Gasteiger charge is -2.51. The standard InChI is InChI=1S/C24H28BrNO/c1-3-26-13-12-24(20-7-5-9-23(15-20)27-2)16-19(10-11-21(24)17-26)18-6-4-8-22(25)14-18/h4-10,14-15,21H,3,11-13,16-17H2,1-2H3/t21-,24+/m1/s1. The predicted octanol–water partition coefficient (Wildman–Crippen LogP) is 5.91. The van der Waals surface area contributed by atoms with Crippen molar-refractivity contribution in [2.75, 3.05) is 26.7 Å². The number of allylic oxidation sites excluding steroid dienone is 2. The predicted molar refractivity (Wildman–Crippen MR) is 116 cm³/mol. The highest BCUT2D eigenvalue weighted by molar-refractivity contribution is 9.10. The van der Waals surface area contributed by atoms with Crippen molar-refractivity contribution in [3.8, 4) is 5.75 Å². The van der Waals surface area contributed by atoms with Gasteiger partial charge in [0.25, 0.3) is 0 Å². The van der Waals surface area contributed by atoms with E-state index in [0.717, 1.165) is 29.6 Å². The van der Waals surface area contributed by atoms with Crippen molar-refractivity contribution in [2.24, 2.45) is 5.92 Å². The van der Waals surface area contributed by atoms with Gasteiger partial charge in [-0.2, -0.15) is 0 Å². The van der Waals surface area contributed by atoms with Crippen LogP contribution in [0.3, 0.4) is 0 Å². The Morgan fingerprint density at radius 1 is 1.19 bits per heavy atom. The van der Waals surface area contributed by atoms with Gasteiger partial charge in [0.05, 0.1) is 7.11 Å². The summed E-state index contributed by atoms with van der Waals surface area (Å²) in [6.45, 7) is 5.79. The lowest BCUT2D eigenvalue weighted by molar-refractivity contribution is 0.0934. The molecule has 2 atom stereocenters. The van der Waals surface area contributed by atoms with E-state index < -0.39 is 0 Å². The Morgan fingerprint density at radius 2 is 2.04 bits per heavy atom. The van der Waals surface area contributed by atoms with Crippen molar-refractivity contribution in [1.29, 1.82) is 0 Å². The molecule has 2 aromatic rings. The summed E-state index contributed by atoms with van der Waals surface area (Å²) in [5, 5.41) is 0. The van der Waals surface area contributed by atoms with Crippen LogP contribution in [-0.2, 0) is 5.41 Å². The van der Waals surface area contributed by atoms with Gasteiger partial charge in [0, 0.05) is 16.4 Å². The van der Waals surface area contributed by atoms with Gasteiger partial charge in [0.1, 0.15) is 5.75 Å². The minimum absolute atomic E-state index is 0.201. The Kier molecular flexibility index (Phi) is 5.43. The highest BCUT2D eigenvalue weighted by Gasteiger charge is 2.46. The van der Waals surface area contributed by atoms with Crippen molar-refractivity contribution in [3.63, 3.8) is 0 Å². The zero-order chi connectivity index (χ0) is 18.9. The molecule has 1 saturated heterocycles. The highest BCUT2D eigenvalue weighted by atomic mass is 79.9. The maximum absolute atomic E-state index is 5.56. The minimum Gasteiger partial charge on any atom is -0.497 e. The van der Waals surface area contributed by atoms with Crippen molar-refractivity contribution >= 4 is 21.5 Å². The summed E-state index contributed by atoms with van der Waals surface area (Å²) in [6, 6.07) is 17.6. The molecule has 0 spiro atoms. The Morgan fingerprint density at radius 3 is 2.81 bits per heavy atom. The zero-order valence-corrected chi connectivity index (χ0v) is 17.8. The maximum atomic E-state index is 5.56. The third-order valence-corrected chi connectivity index (χ3v) is 7.07. The molecule has 2 aromatic carbocycles. The van der Waals surface area contributed by atoms with Crippen LogP contribution in [0.4, 0.5) is 0 Å². The van der Waals surface area contributed by atoms with E-state index in [9.17, 15) is 0 Å². The van der Waals surface area contributed by atoms with Crippen molar-refractivity contribution in [3.05, 3.63) is 70.2 Å². The van der Waals surface area contributed by atoms with E-state index in [2.05, 4.69) is 82.4 Å². The number of halogens is 1. The average Bonchev–Trinajstić information content (AvgIpc) is 2.73. The second-order valence-electron chi connectivity index (χ2n) is 7.88. The number of hydrogen-bond acceptors (Lipinski definition) is 2. The molecule has 1 heterocycles. The SMILES string of the molecule is CCN1CC[C@@]2(c3cccc(OC)c3)CC(c3cccc(Br)c3)=CC[C@@H]2C1. The third kappa shape index (κ3) is 3.60. The summed E-state index contributed by atoms with van der Waals surface area (Å²) in [5.41, 5.74) is 4.48. The zero-order valence-electron chi connectivity index (χ0n) is 16.2. The van der Waals surface area contributed by atoms with Crippen LogP contribution in [0, 0.1) is 5.92 Å². The number of methoxy groups -OCH3 is 1. The van der Waals surface area contributed by atoms with Gasteiger partial charge in [-0.1, -0.05) is 53.2 Å². The summed E-state index contributed by atoms with van der Waals surface area (Å²) < 4.78 is 6.71. The molecule has 2 aliphatic rings. The number of benzene rings is 2. The highest BCUT2D eigenvalue weighted by Crippen LogP contribution is 2.51. The lowest BCUT2D eigenvalue weighted by Crippen LogP contribution is -2.51. The number of piperidine rings is 1. The molecule has 1 aliphatic carbocycles. The Balaban J connectivity index is 1.75. The Hall–Kier alpha value is -1.58. The fourth-order valence-corrected chi connectivity index (χ4v) is 5.38. The Bertz CT molecular complexity index is 846. The summed E-state index contributed by atoms with van der Waals surface area (Å²) in [6.07, 6.45) is 5.96. The van der Waals surface area contributed by atoms with Crippen molar-refractivity contribution < 1.29 is 4.74 Å². The first kappa shape index (κ1) is 18.8. The quantitative estimate of drug-likeness (QED) is 0.602. The van der Waals surface area contributed by atoms with Crippen LogP contribution < -0.4 is 4.74 Å². The number of rotatable bonds is 4. The smallest absolute Gasteiger partial charge is 0.119 e. The first-order chi connectivity index (χ1) is 13.1. The molecule has 2 nitrogen and oxygen atoms in total. The monoisotopic (exact) mass is 425 g/mol. The third-order valence-electron chi connectivity index (χ3n) is 6.58. The van der Waals surface area contributed by atoms with E-state index in [1.54, 1.807) is 7.11 Å². The first-order valence-corrected chi connectivity index (χ1v) is 10.8. The Labute approximate surface area is 171 Å². The molecule has 0 aromatic heterocycles. The fraction of sp³-hybridized carbons (Fsp3) is 0.417. The van der Waals surface area contributed by atoms with Gasteiger partial charge in [-0.05, 0) is 79.2 Å². The summed E-state index contributed by atoms with van der Waals surface area (Å²) in [5.74, 6) is 1.63. The topological polar surface area (TPSA) is 12.5 Å². The molecule has 142 valence electrons. The number of nitrogens with zero attached hydrogens (tertiary/aromatic N) is 1. The van der Waals surface area contributed by atoms with Crippen molar-refractivity contribution in [2.45, 2.75) is 31.6 Å². The second-order valence-corrected chi connectivity index (χ2v) is 8.80. The summed E-state index contributed by atoms with van der Waals surface area (Å²) >= 11 is 3.64. The number of fused-ring (bicyclic) bond motifs is 1. The van der Waals surface area contributed by atoms with Gasteiger partial charge >= 0.3 is 0 Å². The van der Waals surface area contributed by atoms with Gasteiger partial charge in [0.15, 0.2) is 0 Å². The molecule has 3 heteroatoms. The van der Waals surface area contributed by atoms with E-state index in [1.807, 2.05) is 0 Å². The van der Waals surface area contributed by atoms with E-state index >= 15 is 0 Å². The molecule has 27 heavy (non-hydrogen) atoms. The molecule has 0 bridgehead atoms. The van der Waals surface area contributed by atoms with E-state index in [4.69, 9.17) is 4.74 Å². The molecule has 0 N–H and O–H groups in total. The van der Waals surface area contributed by atoms with Crippen molar-refractivity contribution in [1.82, 2.24) is 4.90 Å². The molecule has 0 saturated carbocycles. The largest absolute Gasteiger partial charge is 0.497 e. The summed E-state index contributed by atoms with van der Waals surface area (Å²) in [4.78, 5) is 2.61. The number of likely N-dealkylation sites (tertiary alicyclic amines) is 1. The average molecular weight is 426 g/mol. The first-order valence-electron chi connectivity index (χ1n) is 9.96. The number of hydrogen-bond donors (Lipinski definition) is 0. The molecule has 0 amide bonds. The lowest BCUT2D eigenvalue weighted by atomic mass is 9.59. The molecule has 1 fully saturated rings. The van der Waals surface area contributed by atoms with Gasteiger partial charge in [-0.3, -0.25) is 0 Å². The van der Waals surface area contributed by atoms with Gasteiger partial charge in [0.2, 0.25) is 0 Å². The molecule has 0 unspecified atom stereocenters. The molecule has 0 radical (unpaired) electrons. The van der Waals surface area contributed by atoms with Crippen LogP contribution in [0.1, 0.15) is 37.3 Å². The van der Waals surface area contributed by atoms with E-state index in [-0.39, 0.29) is 5.41 Å². The molecular weight excluding hydrogens is 398 g/mol. The normalized spacial score (nSPS) is 25.6.